The third kappa shape index (κ3) is 2.04. The highest BCUT2D eigenvalue weighted by Gasteiger charge is 2.38. The monoisotopic (exact) mass is 227 g/mol. The molecule has 1 heteroatoms. The van der Waals surface area contributed by atoms with Crippen molar-refractivity contribution in [2.45, 2.75) is 31.7 Å². The quantitative estimate of drug-likeness (QED) is 0.783. The number of hydrogen-bond acceptors (Lipinski definition) is 1. The van der Waals surface area contributed by atoms with E-state index in [0.29, 0.717) is 6.04 Å². The molecule has 0 radical (unpaired) electrons. The van der Waals surface area contributed by atoms with Gasteiger partial charge in [-0.1, -0.05) is 30.3 Å². The van der Waals surface area contributed by atoms with Gasteiger partial charge in [-0.3, -0.25) is 0 Å². The molecule has 0 heterocycles. The third-order valence-electron chi connectivity index (χ3n) is 4.50. The van der Waals surface area contributed by atoms with Crippen LogP contribution in [0.1, 0.15) is 24.0 Å². The van der Waals surface area contributed by atoms with Crippen LogP contribution in [0, 0.1) is 11.8 Å². The first-order valence-electron chi connectivity index (χ1n) is 6.79. The van der Waals surface area contributed by atoms with Gasteiger partial charge in [0.1, 0.15) is 0 Å². The fourth-order valence-corrected chi connectivity index (χ4v) is 3.70. The first-order valence-corrected chi connectivity index (χ1v) is 6.79. The molecule has 17 heavy (non-hydrogen) atoms. The molecule has 2 unspecified atom stereocenters. The molecular weight excluding hydrogens is 206 g/mol. The maximum absolute atomic E-state index is 3.82. The lowest BCUT2D eigenvalue weighted by Gasteiger charge is -2.23. The molecule has 0 aliphatic heterocycles. The smallest absolute Gasteiger partial charge is 0.0135 e. The molecule has 2 bridgehead atoms. The number of hydrogen-bond donors (Lipinski definition) is 1. The Bertz CT molecular complexity index is 377. The number of nitrogens with one attached hydrogen (secondary N) is 1. The van der Waals surface area contributed by atoms with Crippen molar-refractivity contribution in [1.29, 1.82) is 0 Å². The minimum absolute atomic E-state index is 0.709. The van der Waals surface area contributed by atoms with Gasteiger partial charge in [0.15, 0.2) is 0 Å². The Morgan fingerprint density at radius 1 is 1.12 bits per heavy atom. The second kappa shape index (κ2) is 4.66. The van der Waals surface area contributed by atoms with Crippen LogP contribution in [0.5, 0.6) is 0 Å². The highest BCUT2D eigenvalue weighted by molar-refractivity contribution is 5.30. The molecule has 0 spiro atoms. The van der Waals surface area contributed by atoms with Crippen molar-refractivity contribution in [3.63, 3.8) is 0 Å². The van der Waals surface area contributed by atoms with Crippen LogP contribution < -0.4 is 5.32 Å². The fourth-order valence-electron chi connectivity index (χ4n) is 3.70. The summed E-state index contributed by atoms with van der Waals surface area (Å²) in [4.78, 5) is 0. The Hall–Kier alpha value is -1.08. The minimum Gasteiger partial charge on any atom is -0.310 e. The van der Waals surface area contributed by atoms with Crippen molar-refractivity contribution in [2.75, 3.05) is 6.54 Å². The van der Waals surface area contributed by atoms with E-state index in [9.17, 15) is 0 Å². The molecule has 0 amide bonds. The van der Waals surface area contributed by atoms with E-state index in [2.05, 4.69) is 36.2 Å². The van der Waals surface area contributed by atoms with Crippen LogP contribution in [0.3, 0.4) is 0 Å². The molecule has 1 nitrogen and oxygen atoms in total. The topological polar surface area (TPSA) is 12.0 Å². The summed E-state index contributed by atoms with van der Waals surface area (Å²) < 4.78 is 0. The number of benzene rings is 1. The van der Waals surface area contributed by atoms with E-state index in [1.54, 1.807) is 11.1 Å². The van der Waals surface area contributed by atoms with Gasteiger partial charge in [-0.15, -0.1) is 6.58 Å². The first kappa shape index (κ1) is 11.0. The molecular formula is C16H21N. The van der Waals surface area contributed by atoms with Gasteiger partial charge in [0.05, 0.1) is 0 Å². The van der Waals surface area contributed by atoms with Crippen LogP contribution in [0.25, 0.3) is 0 Å². The highest BCUT2D eigenvalue weighted by Crippen LogP contribution is 2.39. The Morgan fingerprint density at radius 2 is 1.71 bits per heavy atom. The van der Waals surface area contributed by atoms with Crippen molar-refractivity contribution < 1.29 is 0 Å². The lowest BCUT2D eigenvalue weighted by atomic mass is 9.94. The molecule has 0 saturated heterocycles. The summed E-state index contributed by atoms with van der Waals surface area (Å²) in [5.74, 6) is 1.67. The molecule has 1 aromatic carbocycles. The van der Waals surface area contributed by atoms with Crippen LogP contribution in [0.4, 0.5) is 0 Å². The Morgan fingerprint density at radius 3 is 2.24 bits per heavy atom. The summed E-state index contributed by atoms with van der Waals surface area (Å²) in [6, 6.07) is 9.72. The fraction of sp³-hybridized carbons (Fsp3) is 0.500. The third-order valence-corrected chi connectivity index (χ3v) is 4.50. The van der Waals surface area contributed by atoms with Gasteiger partial charge in [0.25, 0.3) is 0 Å². The van der Waals surface area contributed by atoms with Gasteiger partial charge >= 0.3 is 0 Å². The van der Waals surface area contributed by atoms with Gasteiger partial charge in [0.2, 0.25) is 0 Å². The van der Waals surface area contributed by atoms with Crippen LogP contribution in [0.2, 0.25) is 0 Å². The summed E-state index contributed by atoms with van der Waals surface area (Å²) in [6.07, 6.45) is 7.31. The normalized spacial score (nSPS) is 30.7. The second-order valence-corrected chi connectivity index (χ2v) is 5.50. The standard InChI is InChI=1S/C16H21N/c1-2-9-17-16-14-7-8-15(16)11-13-6-4-3-5-12(13)10-14/h2-6,14-17H,1,7-11H2. The van der Waals surface area contributed by atoms with Crippen molar-refractivity contribution in [3.05, 3.63) is 48.0 Å². The molecule has 0 aromatic heterocycles. The number of fused-ring (bicyclic) bond motifs is 3. The van der Waals surface area contributed by atoms with Crippen molar-refractivity contribution in [1.82, 2.24) is 5.32 Å². The van der Waals surface area contributed by atoms with Crippen molar-refractivity contribution in [2.24, 2.45) is 11.8 Å². The van der Waals surface area contributed by atoms with E-state index in [-0.39, 0.29) is 0 Å². The van der Waals surface area contributed by atoms with E-state index in [4.69, 9.17) is 0 Å². The molecule has 90 valence electrons. The van der Waals surface area contributed by atoms with E-state index in [1.807, 2.05) is 6.08 Å². The molecule has 2 aliphatic carbocycles. The van der Waals surface area contributed by atoms with Gasteiger partial charge in [-0.2, -0.15) is 0 Å². The van der Waals surface area contributed by atoms with Gasteiger partial charge < -0.3 is 5.32 Å². The highest BCUT2D eigenvalue weighted by atomic mass is 14.9. The van der Waals surface area contributed by atoms with Crippen LogP contribution >= 0.6 is 0 Å². The molecule has 1 fully saturated rings. The maximum atomic E-state index is 3.82. The maximum Gasteiger partial charge on any atom is 0.0135 e. The largest absolute Gasteiger partial charge is 0.310 e. The first-order chi connectivity index (χ1) is 8.38. The molecule has 1 aromatic rings. The zero-order valence-electron chi connectivity index (χ0n) is 10.4. The predicted molar refractivity (Wildman–Crippen MR) is 72.1 cm³/mol. The molecule has 1 N–H and O–H groups in total. The summed E-state index contributed by atoms with van der Waals surface area (Å²) >= 11 is 0. The van der Waals surface area contributed by atoms with Gasteiger partial charge in [-0.05, 0) is 48.6 Å². The average molecular weight is 227 g/mol. The average Bonchev–Trinajstić information content (AvgIpc) is 2.62. The van der Waals surface area contributed by atoms with E-state index < -0.39 is 0 Å². The van der Waals surface area contributed by atoms with E-state index in [1.165, 1.54) is 25.7 Å². The lowest BCUT2D eigenvalue weighted by molar-refractivity contribution is 0.354. The van der Waals surface area contributed by atoms with Crippen molar-refractivity contribution in [3.8, 4) is 0 Å². The summed E-state index contributed by atoms with van der Waals surface area (Å²) in [7, 11) is 0. The SMILES string of the molecule is C=CCNC1C2CCC1Cc1ccccc1C2. The predicted octanol–water partition coefficient (Wildman–Crippen LogP) is 2.96. The Labute approximate surface area is 104 Å². The number of rotatable bonds is 3. The Balaban J connectivity index is 1.84. The van der Waals surface area contributed by atoms with Crippen molar-refractivity contribution >= 4 is 0 Å². The van der Waals surface area contributed by atoms with E-state index >= 15 is 0 Å². The van der Waals surface area contributed by atoms with Crippen LogP contribution in [-0.4, -0.2) is 12.6 Å². The summed E-state index contributed by atoms with van der Waals surface area (Å²) in [6.45, 7) is 4.77. The van der Waals surface area contributed by atoms with Crippen LogP contribution in [-0.2, 0) is 12.8 Å². The zero-order chi connectivity index (χ0) is 11.7. The minimum atomic E-state index is 0.709. The lowest BCUT2D eigenvalue weighted by Crippen LogP contribution is -2.38. The molecule has 1 saturated carbocycles. The molecule has 2 aliphatic rings. The molecule has 3 rings (SSSR count). The van der Waals surface area contributed by atoms with Gasteiger partial charge in [0, 0.05) is 12.6 Å². The second-order valence-electron chi connectivity index (χ2n) is 5.50. The summed E-state index contributed by atoms with van der Waals surface area (Å²) in [5, 5.41) is 3.69. The molecule has 2 atom stereocenters. The Kier molecular flexibility index (Phi) is 3.02. The zero-order valence-corrected chi connectivity index (χ0v) is 10.4. The van der Waals surface area contributed by atoms with E-state index in [0.717, 1.165) is 18.4 Å². The summed E-state index contributed by atoms with van der Waals surface area (Å²) in [5.41, 5.74) is 3.18. The van der Waals surface area contributed by atoms with Crippen LogP contribution in [0.15, 0.2) is 36.9 Å². The van der Waals surface area contributed by atoms with Gasteiger partial charge in [-0.25, -0.2) is 0 Å².